The Bertz CT molecular complexity index is 795. The Kier molecular flexibility index (Phi) is 5.40. The van der Waals surface area contributed by atoms with Crippen LogP contribution in [-0.4, -0.2) is 33.0 Å². The van der Waals surface area contributed by atoms with E-state index in [1.165, 1.54) is 0 Å². The van der Waals surface area contributed by atoms with Crippen molar-refractivity contribution in [1.29, 1.82) is 0 Å². The molecule has 26 heavy (non-hydrogen) atoms. The van der Waals surface area contributed by atoms with E-state index < -0.39 is 0 Å². The van der Waals surface area contributed by atoms with Gasteiger partial charge in [0.05, 0.1) is 5.69 Å². The van der Waals surface area contributed by atoms with Crippen molar-refractivity contribution < 1.29 is 9.59 Å². The third-order valence-corrected chi connectivity index (χ3v) is 4.83. The Labute approximate surface area is 154 Å². The Morgan fingerprint density at radius 1 is 1.23 bits per heavy atom. The molecule has 1 unspecified atom stereocenters. The summed E-state index contributed by atoms with van der Waals surface area (Å²) in [7, 11) is 0. The number of amides is 2. The van der Waals surface area contributed by atoms with Crippen LogP contribution in [0.4, 0.5) is 0 Å². The minimum absolute atomic E-state index is 0.0528. The van der Waals surface area contributed by atoms with Gasteiger partial charge in [0.2, 0.25) is 11.8 Å². The lowest BCUT2D eigenvalue weighted by Gasteiger charge is -2.16. The quantitative estimate of drug-likeness (QED) is 0.867. The molecule has 1 fully saturated rings. The van der Waals surface area contributed by atoms with Crippen molar-refractivity contribution in [2.45, 2.75) is 52.7 Å². The summed E-state index contributed by atoms with van der Waals surface area (Å²) in [6.45, 7) is 7.72. The molecule has 6 nitrogen and oxygen atoms in total. The summed E-state index contributed by atoms with van der Waals surface area (Å²) in [6, 6.07) is 9.68. The maximum absolute atomic E-state index is 12.4. The second-order valence-electron chi connectivity index (χ2n) is 7.00. The minimum Gasteiger partial charge on any atom is -0.350 e. The van der Waals surface area contributed by atoms with E-state index in [1.807, 2.05) is 56.0 Å². The number of hydrogen-bond acceptors (Lipinski definition) is 3. The molecular weight excluding hydrogens is 328 g/mol. The summed E-state index contributed by atoms with van der Waals surface area (Å²) < 4.78 is 1.75. The topological polar surface area (TPSA) is 67.2 Å². The van der Waals surface area contributed by atoms with Gasteiger partial charge in [-0.1, -0.05) is 24.3 Å². The molecule has 1 saturated heterocycles. The number of aryl methyl sites for hydroxylation is 2. The molecule has 2 aromatic rings. The van der Waals surface area contributed by atoms with Crippen LogP contribution in [0.5, 0.6) is 0 Å². The number of rotatable bonds is 6. The minimum atomic E-state index is -0.343. The summed E-state index contributed by atoms with van der Waals surface area (Å²) in [5.74, 6) is 0.183. The molecule has 3 rings (SSSR count). The van der Waals surface area contributed by atoms with Gasteiger partial charge in [0.15, 0.2) is 0 Å². The lowest BCUT2D eigenvalue weighted by atomic mass is 10.1. The Morgan fingerprint density at radius 2 is 1.92 bits per heavy atom. The summed E-state index contributed by atoms with van der Waals surface area (Å²) in [6.07, 6.45) is 1.62. The molecule has 1 aromatic heterocycles. The highest BCUT2D eigenvalue weighted by molar-refractivity contribution is 5.80. The van der Waals surface area contributed by atoms with E-state index in [0.29, 0.717) is 19.5 Å². The number of carbonyl (C=O) groups excluding carboxylic acids is 2. The second-order valence-corrected chi connectivity index (χ2v) is 7.00. The van der Waals surface area contributed by atoms with Crippen molar-refractivity contribution in [2.75, 3.05) is 6.54 Å². The Morgan fingerprint density at radius 3 is 2.50 bits per heavy atom. The molecule has 0 spiro atoms. The molecule has 1 aromatic carbocycles. The number of nitrogens with zero attached hydrogens (tertiary/aromatic N) is 3. The van der Waals surface area contributed by atoms with Crippen LogP contribution in [0.2, 0.25) is 0 Å². The number of nitrogens with one attached hydrogen (secondary N) is 1. The standard InChI is InChI=1S/C20H26N4O2/c1-14-11-15(2)24(22-14)16(3)20(26)21-12-17-6-8-18(9-7-17)13-23-10-4-5-19(23)25/h6-9,11,16H,4-5,10,12-13H2,1-3H3,(H,21,26). The van der Waals surface area contributed by atoms with Gasteiger partial charge in [0.25, 0.3) is 0 Å². The molecule has 1 atom stereocenters. The highest BCUT2D eigenvalue weighted by Gasteiger charge is 2.20. The van der Waals surface area contributed by atoms with Crippen LogP contribution < -0.4 is 5.32 Å². The zero-order valence-electron chi connectivity index (χ0n) is 15.7. The molecule has 0 radical (unpaired) electrons. The van der Waals surface area contributed by atoms with E-state index in [0.717, 1.165) is 35.5 Å². The number of carbonyl (C=O) groups is 2. The molecular formula is C20H26N4O2. The molecule has 0 bridgehead atoms. The van der Waals surface area contributed by atoms with Crippen molar-refractivity contribution in [3.63, 3.8) is 0 Å². The molecule has 0 saturated carbocycles. The van der Waals surface area contributed by atoms with Gasteiger partial charge in [-0.2, -0.15) is 5.10 Å². The maximum Gasteiger partial charge on any atom is 0.244 e. The predicted molar refractivity (Wildman–Crippen MR) is 99.4 cm³/mol. The van der Waals surface area contributed by atoms with Gasteiger partial charge < -0.3 is 10.2 Å². The van der Waals surface area contributed by atoms with Crippen LogP contribution in [0.1, 0.15) is 48.3 Å². The first-order chi connectivity index (χ1) is 12.4. The zero-order valence-corrected chi connectivity index (χ0v) is 15.7. The fourth-order valence-electron chi connectivity index (χ4n) is 3.34. The lowest BCUT2D eigenvalue weighted by molar-refractivity contribution is -0.128. The lowest BCUT2D eigenvalue weighted by Crippen LogP contribution is -2.31. The molecule has 6 heteroatoms. The van der Waals surface area contributed by atoms with Crippen molar-refractivity contribution in [1.82, 2.24) is 20.0 Å². The normalized spacial score (nSPS) is 15.3. The zero-order chi connectivity index (χ0) is 18.7. The smallest absolute Gasteiger partial charge is 0.244 e. The molecule has 1 aliphatic rings. The van der Waals surface area contributed by atoms with Crippen LogP contribution in [0.15, 0.2) is 30.3 Å². The number of aromatic nitrogens is 2. The third kappa shape index (κ3) is 4.12. The van der Waals surface area contributed by atoms with Crippen molar-refractivity contribution in [3.05, 3.63) is 52.8 Å². The number of benzene rings is 1. The number of hydrogen-bond donors (Lipinski definition) is 1. The van der Waals surface area contributed by atoms with E-state index in [4.69, 9.17) is 0 Å². The SMILES string of the molecule is Cc1cc(C)n(C(C)C(=O)NCc2ccc(CN3CCCC3=O)cc2)n1. The first-order valence-electron chi connectivity index (χ1n) is 9.10. The molecule has 138 valence electrons. The summed E-state index contributed by atoms with van der Waals surface area (Å²) in [5, 5.41) is 7.35. The summed E-state index contributed by atoms with van der Waals surface area (Å²) >= 11 is 0. The van der Waals surface area contributed by atoms with E-state index in [2.05, 4.69) is 10.4 Å². The maximum atomic E-state index is 12.4. The summed E-state index contributed by atoms with van der Waals surface area (Å²) in [5.41, 5.74) is 4.04. The van der Waals surface area contributed by atoms with Crippen LogP contribution in [-0.2, 0) is 22.7 Å². The van der Waals surface area contributed by atoms with Gasteiger partial charge in [-0.25, -0.2) is 0 Å². The number of likely N-dealkylation sites (tertiary alicyclic amines) is 1. The Hall–Kier alpha value is -2.63. The van der Waals surface area contributed by atoms with E-state index >= 15 is 0 Å². The average molecular weight is 354 g/mol. The van der Waals surface area contributed by atoms with Gasteiger partial charge in [-0.05, 0) is 44.4 Å². The van der Waals surface area contributed by atoms with Crippen molar-refractivity contribution in [3.8, 4) is 0 Å². The average Bonchev–Trinajstić information content (AvgIpc) is 3.18. The highest BCUT2D eigenvalue weighted by atomic mass is 16.2. The van der Waals surface area contributed by atoms with E-state index in [9.17, 15) is 9.59 Å². The van der Waals surface area contributed by atoms with Gasteiger partial charge in [0.1, 0.15) is 6.04 Å². The van der Waals surface area contributed by atoms with E-state index in [-0.39, 0.29) is 17.9 Å². The first kappa shape index (κ1) is 18.2. The molecule has 2 amide bonds. The molecule has 0 aliphatic carbocycles. The second kappa shape index (κ2) is 7.72. The van der Waals surface area contributed by atoms with Crippen LogP contribution in [0.3, 0.4) is 0 Å². The highest BCUT2D eigenvalue weighted by Crippen LogP contribution is 2.15. The van der Waals surface area contributed by atoms with Gasteiger partial charge >= 0.3 is 0 Å². The van der Waals surface area contributed by atoms with Crippen LogP contribution in [0, 0.1) is 13.8 Å². The fourth-order valence-corrected chi connectivity index (χ4v) is 3.34. The Balaban J connectivity index is 1.53. The van der Waals surface area contributed by atoms with Crippen molar-refractivity contribution in [2.24, 2.45) is 0 Å². The third-order valence-electron chi connectivity index (χ3n) is 4.83. The molecule has 2 heterocycles. The fraction of sp³-hybridized carbons (Fsp3) is 0.450. The molecule has 1 aliphatic heterocycles. The first-order valence-corrected chi connectivity index (χ1v) is 9.10. The monoisotopic (exact) mass is 354 g/mol. The van der Waals surface area contributed by atoms with Gasteiger partial charge in [0, 0.05) is 31.7 Å². The van der Waals surface area contributed by atoms with Crippen LogP contribution in [0.25, 0.3) is 0 Å². The predicted octanol–water partition coefficient (Wildman–Crippen LogP) is 2.50. The van der Waals surface area contributed by atoms with Crippen LogP contribution >= 0.6 is 0 Å². The van der Waals surface area contributed by atoms with Gasteiger partial charge in [-0.3, -0.25) is 14.3 Å². The largest absolute Gasteiger partial charge is 0.350 e. The van der Waals surface area contributed by atoms with Gasteiger partial charge in [-0.15, -0.1) is 0 Å². The van der Waals surface area contributed by atoms with E-state index in [1.54, 1.807) is 4.68 Å². The molecule has 1 N–H and O–H groups in total. The summed E-state index contributed by atoms with van der Waals surface area (Å²) in [4.78, 5) is 26.0. The van der Waals surface area contributed by atoms with Crippen molar-refractivity contribution >= 4 is 11.8 Å².